The molecule has 3 rings (SSSR count). The maximum Gasteiger partial charge on any atom is 0.263 e. The molecule has 0 radical (unpaired) electrons. The van der Waals surface area contributed by atoms with Gasteiger partial charge in [0.1, 0.15) is 5.75 Å². The van der Waals surface area contributed by atoms with E-state index in [0.717, 1.165) is 27.7 Å². The fraction of sp³-hybridized carbons (Fsp3) is 0.316. The van der Waals surface area contributed by atoms with Crippen LogP contribution in [-0.4, -0.2) is 17.6 Å². The number of benzene rings is 2. The van der Waals surface area contributed by atoms with Gasteiger partial charge in [-0.1, -0.05) is 30.3 Å². The quantitative estimate of drug-likeness (QED) is 0.854. The zero-order valence-electron chi connectivity index (χ0n) is 13.9. The lowest BCUT2D eigenvalue weighted by Gasteiger charge is -2.17. The van der Waals surface area contributed by atoms with E-state index in [1.54, 1.807) is 0 Å². The largest absolute Gasteiger partial charge is 0.490 e. The molecule has 1 heterocycles. The van der Waals surface area contributed by atoms with Crippen LogP contribution in [0, 0.1) is 0 Å². The SMILES string of the molecule is CC(C)Oc1cccc2c(/C=C3\C(=O)NNC3(C)C)cccc12. The molecule has 2 aromatic rings. The van der Waals surface area contributed by atoms with Gasteiger partial charge >= 0.3 is 0 Å². The second kappa shape index (κ2) is 5.70. The zero-order chi connectivity index (χ0) is 16.6. The van der Waals surface area contributed by atoms with E-state index in [2.05, 4.69) is 16.9 Å². The summed E-state index contributed by atoms with van der Waals surface area (Å²) in [6.45, 7) is 7.99. The molecule has 0 aromatic heterocycles. The third-order valence-electron chi connectivity index (χ3n) is 3.98. The molecule has 4 nitrogen and oxygen atoms in total. The van der Waals surface area contributed by atoms with Gasteiger partial charge in [0.05, 0.1) is 11.6 Å². The number of carbonyl (C=O) groups excluding carboxylic acids is 1. The van der Waals surface area contributed by atoms with E-state index in [-0.39, 0.29) is 12.0 Å². The van der Waals surface area contributed by atoms with Crippen LogP contribution >= 0.6 is 0 Å². The monoisotopic (exact) mass is 310 g/mol. The van der Waals surface area contributed by atoms with Crippen LogP contribution in [0.1, 0.15) is 33.3 Å². The molecule has 2 N–H and O–H groups in total. The highest BCUT2D eigenvalue weighted by molar-refractivity contribution is 6.04. The lowest BCUT2D eigenvalue weighted by atomic mass is 9.92. The molecule has 1 aliphatic heterocycles. The molecule has 1 saturated heterocycles. The van der Waals surface area contributed by atoms with Crippen molar-refractivity contribution in [2.24, 2.45) is 0 Å². The van der Waals surface area contributed by atoms with Crippen molar-refractivity contribution in [3.8, 4) is 5.75 Å². The summed E-state index contributed by atoms with van der Waals surface area (Å²) in [5.74, 6) is 0.785. The Hall–Kier alpha value is -2.33. The summed E-state index contributed by atoms with van der Waals surface area (Å²) in [5, 5.41) is 2.13. The van der Waals surface area contributed by atoms with Crippen molar-refractivity contribution < 1.29 is 9.53 Å². The van der Waals surface area contributed by atoms with Crippen LogP contribution in [0.25, 0.3) is 16.8 Å². The zero-order valence-corrected chi connectivity index (χ0v) is 13.9. The highest BCUT2D eigenvalue weighted by Crippen LogP contribution is 2.31. The summed E-state index contributed by atoms with van der Waals surface area (Å²) in [6, 6.07) is 12.1. The number of fused-ring (bicyclic) bond motifs is 1. The lowest BCUT2D eigenvalue weighted by Crippen LogP contribution is -2.38. The van der Waals surface area contributed by atoms with Gasteiger partial charge in [0.2, 0.25) is 0 Å². The van der Waals surface area contributed by atoms with Crippen LogP contribution < -0.4 is 15.6 Å². The Morgan fingerprint density at radius 3 is 2.43 bits per heavy atom. The molecule has 23 heavy (non-hydrogen) atoms. The molecule has 0 bridgehead atoms. The number of ether oxygens (including phenoxy) is 1. The van der Waals surface area contributed by atoms with Crippen molar-refractivity contribution in [2.45, 2.75) is 39.3 Å². The molecule has 120 valence electrons. The second-order valence-corrected chi connectivity index (χ2v) is 6.63. The summed E-state index contributed by atoms with van der Waals surface area (Å²) in [7, 11) is 0. The number of nitrogens with one attached hydrogen (secondary N) is 2. The minimum Gasteiger partial charge on any atom is -0.490 e. The maximum atomic E-state index is 12.1. The summed E-state index contributed by atoms with van der Waals surface area (Å²) < 4.78 is 5.90. The summed E-state index contributed by atoms with van der Waals surface area (Å²) in [6.07, 6.45) is 2.07. The fourth-order valence-corrected chi connectivity index (χ4v) is 2.82. The standard InChI is InChI=1S/C19H22N2O2/c1-12(2)23-17-10-6-8-14-13(7-5-9-15(14)17)11-16-18(22)20-21-19(16,3)4/h5-12,21H,1-4H3,(H,20,22)/b16-11+. The molecular weight excluding hydrogens is 288 g/mol. The predicted octanol–water partition coefficient (Wildman–Crippen LogP) is 3.42. The first-order valence-corrected chi connectivity index (χ1v) is 7.86. The summed E-state index contributed by atoms with van der Waals surface area (Å²) in [5.41, 5.74) is 7.03. The number of carbonyl (C=O) groups is 1. The molecular formula is C19H22N2O2. The average molecular weight is 310 g/mol. The summed E-state index contributed by atoms with van der Waals surface area (Å²) >= 11 is 0. The van der Waals surface area contributed by atoms with Crippen molar-refractivity contribution >= 4 is 22.8 Å². The number of amides is 1. The van der Waals surface area contributed by atoms with Crippen LogP contribution in [0.4, 0.5) is 0 Å². The van der Waals surface area contributed by atoms with E-state index in [9.17, 15) is 4.79 Å². The highest BCUT2D eigenvalue weighted by atomic mass is 16.5. The molecule has 0 spiro atoms. The van der Waals surface area contributed by atoms with Crippen LogP contribution in [0.15, 0.2) is 42.0 Å². The van der Waals surface area contributed by atoms with Crippen molar-refractivity contribution in [3.05, 3.63) is 47.5 Å². The molecule has 4 heteroatoms. The lowest BCUT2D eigenvalue weighted by molar-refractivity contribution is -0.116. The van der Waals surface area contributed by atoms with E-state index in [4.69, 9.17) is 4.74 Å². The Kier molecular flexibility index (Phi) is 3.86. The van der Waals surface area contributed by atoms with Gasteiger partial charge in [0.25, 0.3) is 5.91 Å². The molecule has 0 aliphatic carbocycles. The Bertz CT molecular complexity index is 791. The van der Waals surface area contributed by atoms with Crippen molar-refractivity contribution in [2.75, 3.05) is 0 Å². The van der Waals surface area contributed by atoms with Crippen molar-refractivity contribution in [1.82, 2.24) is 10.9 Å². The van der Waals surface area contributed by atoms with Gasteiger partial charge in [-0.3, -0.25) is 10.2 Å². The van der Waals surface area contributed by atoms with Gasteiger partial charge in [-0.15, -0.1) is 0 Å². The molecule has 2 aromatic carbocycles. The maximum absolute atomic E-state index is 12.1. The van der Waals surface area contributed by atoms with Gasteiger partial charge in [-0.25, -0.2) is 5.43 Å². The number of hydrogen-bond donors (Lipinski definition) is 2. The molecule has 0 unspecified atom stereocenters. The van der Waals surface area contributed by atoms with E-state index in [1.807, 2.05) is 64.1 Å². The molecule has 1 fully saturated rings. The van der Waals surface area contributed by atoms with Crippen LogP contribution in [0.2, 0.25) is 0 Å². The van der Waals surface area contributed by atoms with Gasteiger partial charge < -0.3 is 4.74 Å². The van der Waals surface area contributed by atoms with Gasteiger partial charge in [-0.2, -0.15) is 0 Å². The molecule has 1 aliphatic rings. The Morgan fingerprint density at radius 1 is 1.09 bits per heavy atom. The van der Waals surface area contributed by atoms with Gasteiger partial charge in [0.15, 0.2) is 0 Å². The van der Waals surface area contributed by atoms with Gasteiger partial charge in [-0.05, 0) is 50.8 Å². The van der Waals surface area contributed by atoms with E-state index in [1.165, 1.54) is 0 Å². The van der Waals surface area contributed by atoms with E-state index in [0.29, 0.717) is 0 Å². The number of hydrogen-bond acceptors (Lipinski definition) is 3. The van der Waals surface area contributed by atoms with E-state index < -0.39 is 5.54 Å². The normalized spacial score (nSPS) is 18.7. The van der Waals surface area contributed by atoms with Crippen molar-refractivity contribution in [1.29, 1.82) is 0 Å². The van der Waals surface area contributed by atoms with Crippen LogP contribution in [0.3, 0.4) is 0 Å². The second-order valence-electron chi connectivity index (χ2n) is 6.63. The molecule has 0 atom stereocenters. The van der Waals surface area contributed by atoms with Gasteiger partial charge in [0, 0.05) is 11.0 Å². The predicted molar refractivity (Wildman–Crippen MR) is 93.0 cm³/mol. The van der Waals surface area contributed by atoms with Crippen molar-refractivity contribution in [3.63, 3.8) is 0 Å². The van der Waals surface area contributed by atoms with Crippen LogP contribution in [-0.2, 0) is 4.79 Å². The van der Waals surface area contributed by atoms with E-state index >= 15 is 0 Å². The minimum atomic E-state index is -0.398. The molecule has 1 amide bonds. The minimum absolute atomic E-state index is 0.0819. The summed E-state index contributed by atoms with van der Waals surface area (Å²) in [4.78, 5) is 12.1. The smallest absolute Gasteiger partial charge is 0.263 e. The molecule has 0 saturated carbocycles. The first-order valence-electron chi connectivity index (χ1n) is 7.86. The highest BCUT2D eigenvalue weighted by Gasteiger charge is 2.34. The number of hydrazine groups is 1. The fourth-order valence-electron chi connectivity index (χ4n) is 2.82. The average Bonchev–Trinajstić information content (AvgIpc) is 2.74. The first-order chi connectivity index (χ1) is 10.9. The Labute approximate surface area is 136 Å². The topological polar surface area (TPSA) is 50.4 Å². The third-order valence-corrected chi connectivity index (χ3v) is 3.98. The third kappa shape index (κ3) is 2.94. The Morgan fingerprint density at radius 2 is 1.78 bits per heavy atom. The number of rotatable bonds is 3. The van der Waals surface area contributed by atoms with Crippen LogP contribution in [0.5, 0.6) is 5.75 Å². The first kappa shape index (κ1) is 15.6. The Balaban J connectivity index is 2.14.